The summed E-state index contributed by atoms with van der Waals surface area (Å²) in [7, 11) is 0. The molecule has 5 nitrogen and oxygen atoms in total. The zero-order valence-electron chi connectivity index (χ0n) is 9.84. The molecule has 102 valence electrons. The van der Waals surface area contributed by atoms with E-state index in [9.17, 15) is 8.78 Å². The third-order valence-corrected chi connectivity index (χ3v) is 3.11. The van der Waals surface area contributed by atoms with Crippen LogP contribution in [0, 0.1) is 11.7 Å². The fourth-order valence-corrected chi connectivity index (χ4v) is 1.98. The maximum atomic E-state index is 12.0. The Morgan fingerprint density at radius 1 is 1.63 bits per heavy atom. The molecule has 0 saturated carbocycles. The van der Waals surface area contributed by atoms with Gasteiger partial charge in [-0.1, -0.05) is 11.8 Å². The fraction of sp³-hybridized carbons (Fsp3) is 0.300. The second kappa shape index (κ2) is 6.11. The number of hydrogen-bond donors (Lipinski definition) is 1. The van der Waals surface area contributed by atoms with Gasteiger partial charge in [0, 0.05) is 0 Å². The minimum absolute atomic E-state index is 0.121. The first-order chi connectivity index (χ1) is 9.06. The summed E-state index contributed by atoms with van der Waals surface area (Å²) < 4.78 is 31.2. The Hall–Kier alpha value is -1.48. The Kier molecular flexibility index (Phi) is 4.48. The van der Waals surface area contributed by atoms with Gasteiger partial charge in [-0.15, -0.1) is 0 Å². The quantitative estimate of drug-likeness (QED) is 0.681. The van der Waals surface area contributed by atoms with Crippen LogP contribution in [-0.2, 0) is 5.75 Å². The average molecular weight is 304 g/mol. The Morgan fingerprint density at radius 3 is 3.05 bits per heavy atom. The van der Waals surface area contributed by atoms with Crippen molar-refractivity contribution in [2.75, 3.05) is 0 Å². The van der Waals surface area contributed by atoms with Gasteiger partial charge in [0.05, 0.1) is 12.0 Å². The molecule has 2 heterocycles. The van der Waals surface area contributed by atoms with Gasteiger partial charge in [0.25, 0.3) is 5.76 Å². The summed E-state index contributed by atoms with van der Waals surface area (Å²) in [4.78, 5) is 0. The number of nitrogens with zero attached hydrogens (tertiary/aromatic N) is 3. The first-order valence-electron chi connectivity index (χ1n) is 5.23. The Balaban J connectivity index is 2.06. The van der Waals surface area contributed by atoms with Gasteiger partial charge in [-0.3, -0.25) is 5.10 Å². The average Bonchev–Trinajstić information content (AvgIpc) is 2.93. The van der Waals surface area contributed by atoms with E-state index in [1.165, 1.54) is 10.9 Å². The molecule has 2 rings (SSSR count). The summed E-state index contributed by atoms with van der Waals surface area (Å²) in [6, 6.07) is 3.29. The number of aromatic amines is 1. The molecule has 0 fully saturated rings. The lowest BCUT2D eigenvalue weighted by atomic mass is 10.4. The number of hydrogen-bond acceptors (Lipinski definition) is 5. The number of alkyl halides is 2. The van der Waals surface area contributed by atoms with Crippen molar-refractivity contribution >= 4 is 30.2 Å². The van der Waals surface area contributed by atoms with Crippen molar-refractivity contribution in [3.05, 3.63) is 34.2 Å². The van der Waals surface area contributed by atoms with Gasteiger partial charge >= 0.3 is 0 Å². The van der Waals surface area contributed by atoms with E-state index in [1.54, 1.807) is 19.1 Å². The molecular weight excluding hydrogens is 294 g/mol. The van der Waals surface area contributed by atoms with Crippen LogP contribution >= 0.6 is 24.0 Å². The first-order valence-corrected chi connectivity index (χ1v) is 6.69. The summed E-state index contributed by atoms with van der Waals surface area (Å²) in [5, 5.41) is 10.6. The van der Waals surface area contributed by atoms with E-state index in [2.05, 4.69) is 15.3 Å². The van der Waals surface area contributed by atoms with Gasteiger partial charge in [0.15, 0.2) is 0 Å². The van der Waals surface area contributed by atoms with Crippen LogP contribution in [-0.4, -0.2) is 26.8 Å². The number of rotatable bonds is 5. The molecule has 2 aromatic heterocycles. The molecule has 0 atom stereocenters. The molecule has 0 bridgehead atoms. The summed E-state index contributed by atoms with van der Waals surface area (Å²) in [6.45, 7) is 1.75. The van der Waals surface area contributed by atoms with Crippen LogP contribution in [0.15, 0.2) is 21.7 Å². The second-order valence-corrected chi connectivity index (χ2v) is 4.87. The molecule has 0 radical (unpaired) electrons. The van der Waals surface area contributed by atoms with E-state index in [4.69, 9.17) is 16.6 Å². The Morgan fingerprint density at radius 2 is 2.42 bits per heavy atom. The number of halogens is 2. The standard InChI is InChI=1S/C10H10F2N4OS2/c1-6-14-15-10(18)16(6)13-4-7-2-3-8(17-7)5-19-9(11)12/h2-4,9H,5H2,1H3,(H,15,18)/b13-4-. The molecule has 2 aromatic rings. The highest BCUT2D eigenvalue weighted by molar-refractivity contribution is 7.98. The second-order valence-electron chi connectivity index (χ2n) is 3.51. The van der Waals surface area contributed by atoms with Crippen LogP contribution in [0.5, 0.6) is 0 Å². The molecule has 9 heteroatoms. The maximum Gasteiger partial charge on any atom is 0.284 e. The molecule has 0 aromatic carbocycles. The molecule has 0 aliphatic carbocycles. The molecule has 1 N–H and O–H groups in total. The van der Waals surface area contributed by atoms with Gasteiger partial charge in [-0.05, 0) is 31.3 Å². The van der Waals surface area contributed by atoms with Crippen molar-refractivity contribution in [3.8, 4) is 0 Å². The van der Waals surface area contributed by atoms with E-state index < -0.39 is 5.76 Å². The molecule has 19 heavy (non-hydrogen) atoms. The maximum absolute atomic E-state index is 12.0. The highest BCUT2D eigenvalue weighted by Crippen LogP contribution is 2.20. The Labute approximate surface area is 116 Å². The van der Waals surface area contributed by atoms with Crippen molar-refractivity contribution in [2.45, 2.75) is 18.4 Å². The van der Waals surface area contributed by atoms with Crippen LogP contribution in [0.4, 0.5) is 8.78 Å². The molecular formula is C10H10F2N4OS2. The summed E-state index contributed by atoms with van der Waals surface area (Å²) in [5.74, 6) is -0.739. The molecule has 0 spiro atoms. The van der Waals surface area contributed by atoms with Gasteiger partial charge in [-0.25, -0.2) is 0 Å². The van der Waals surface area contributed by atoms with Crippen molar-refractivity contribution in [3.63, 3.8) is 0 Å². The van der Waals surface area contributed by atoms with E-state index in [-0.39, 0.29) is 5.75 Å². The third kappa shape index (κ3) is 3.74. The monoisotopic (exact) mass is 304 g/mol. The number of aromatic nitrogens is 3. The molecule has 0 unspecified atom stereocenters. The normalized spacial score (nSPS) is 11.8. The van der Waals surface area contributed by atoms with E-state index >= 15 is 0 Å². The van der Waals surface area contributed by atoms with Crippen LogP contribution in [0.25, 0.3) is 0 Å². The minimum Gasteiger partial charge on any atom is -0.459 e. The molecule has 0 aliphatic rings. The lowest BCUT2D eigenvalue weighted by Gasteiger charge is -1.95. The van der Waals surface area contributed by atoms with E-state index in [0.29, 0.717) is 33.9 Å². The van der Waals surface area contributed by atoms with Gasteiger partial charge < -0.3 is 4.42 Å². The summed E-state index contributed by atoms with van der Waals surface area (Å²) in [6.07, 6.45) is 1.45. The molecule has 0 aliphatic heterocycles. The predicted molar refractivity (Wildman–Crippen MR) is 71.1 cm³/mol. The van der Waals surface area contributed by atoms with Crippen LogP contribution < -0.4 is 0 Å². The van der Waals surface area contributed by atoms with Crippen molar-refractivity contribution < 1.29 is 13.2 Å². The fourth-order valence-electron chi connectivity index (χ4n) is 1.31. The number of H-pyrrole nitrogens is 1. The SMILES string of the molecule is Cc1n[nH]c(=S)n1/N=C\c1ccc(CSC(F)F)o1. The highest BCUT2D eigenvalue weighted by atomic mass is 32.2. The molecule has 0 amide bonds. The van der Waals surface area contributed by atoms with Crippen molar-refractivity contribution in [1.82, 2.24) is 14.9 Å². The van der Waals surface area contributed by atoms with Crippen LogP contribution in [0.3, 0.4) is 0 Å². The zero-order chi connectivity index (χ0) is 13.8. The lowest BCUT2D eigenvalue weighted by molar-refractivity contribution is 0.251. The van der Waals surface area contributed by atoms with Gasteiger partial charge in [0.2, 0.25) is 4.77 Å². The van der Waals surface area contributed by atoms with Gasteiger partial charge in [0.1, 0.15) is 17.3 Å². The van der Waals surface area contributed by atoms with Crippen LogP contribution in [0.2, 0.25) is 0 Å². The smallest absolute Gasteiger partial charge is 0.284 e. The third-order valence-electron chi connectivity index (χ3n) is 2.15. The first kappa shape index (κ1) is 13.9. The number of furan rings is 1. The lowest BCUT2D eigenvalue weighted by Crippen LogP contribution is -1.93. The largest absolute Gasteiger partial charge is 0.459 e. The van der Waals surface area contributed by atoms with E-state index in [1.807, 2.05) is 0 Å². The van der Waals surface area contributed by atoms with Gasteiger partial charge in [-0.2, -0.15) is 23.7 Å². The zero-order valence-corrected chi connectivity index (χ0v) is 11.5. The summed E-state index contributed by atoms with van der Waals surface area (Å²) in [5.41, 5.74) is 0. The Bertz CT molecular complexity index is 632. The topological polar surface area (TPSA) is 59.1 Å². The van der Waals surface area contributed by atoms with Crippen molar-refractivity contribution in [1.29, 1.82) is 0 Å². The van der Waals surface area contributed by atoms with Crippen LogP contribution in [0.1, 0.15) is 17.3 Å². The van der Waals surface area contributed by atoms with Crippen molar-refractivity contribution in [2.24, 2.45) is 5.10 Å². The molecule has 0 saturated heterocycles. The number of nitrogens with one attached hydrogen (secondary N) is 1. The predicted octanol–water partition coefficient (Wildman–Crippen LogP) is 3.18. The minimum atomic E-state index is -2.41. The summed E-state index contributed by atoms with van der Waals surface area (Å²) >= 11 is 5.49. The number of thioether (sulfide) groups is 1. The van der Waals surface area contributed by atoms with E-state index in [0.717, 1.165) is 0 Å². The highest BCUT2D eigenvalue weighted by Gasteiger charge is 2.06. The number of aryl methyl sites for hydroxylation is 1.